The number of aromatic nitrogens is 2. The summed E-state index contributed by atoms with van der Waals surface area (Å²) >= 11 is 5.93. The van der Waals surface area contributed by atoms with Crippen molar-refractivity contribution in [1.29, 1.82) is 0 Å². The number of hydrogen-bond donors (Lipinski definition) is 1. The van der Waals surface area contributed by atoms with Crippen LogP contribution in [-0.2, 0) is 12.8 Å². The lowest BCUT2D eigenvalue weighted by Gasteiger charge is -1.97. The second kappa shape index (κ2) is 6.52. The van der Waals surface area contributed by atoms with E-state index in [2.05, 4.69) is 15.5 Å². The molecule has 1 heterocycles. The van der Waals surface area contributed by atoms with Crippen LogP contribution in [0.2, 0.25) is 5.02 Å². The van der Waals surface area contributed by atoms with E-state index in [1.54, 1.807) is 0 Å². The average Bonchev–Trinajstić information content (AvgIpc) is 2.77. The van der Waals surface area contributed by atoms with Crippen LogP contribution in [0.1, 0.15) is 23.8 Å². The minimum atomic E-state index is 0.625. The Morgan fingerprint density at radius 1 is 1.28 bits per heavy atom. The molecule has 0 amide bonds. The van der Waals surface area contributed by atoms with Crippen molar-refractivity contribution in [2.24, 2.45) is 0 Å². The van der Waals surface area contributed by atoms with Crippen LogP contribution in [0.4, 0.5) is 0 Å². The van der Waals surface area contributed by atoms with E-state index in [1.165, 1.54) is 0 Å². The lowest BCUT2D eigenvalue weighted by Crippen LogP contribution is -2.08. The van der Waals surface area contributed by atoms with Gasteiger partial charge in [-0.05, 0) is 37.7 Å². The molecule has 0 radical (unpaired) electrons. The van der Waals surface area contributed by atoms with Gasteiger partial charge in [-0.1, -0.05) is 23.7 Å². The molecule has 2 aromatic rings. The zero-order valence-electron chi connectivity index (χ0n) is 10.3. The van der Waals surface area contributed by atoms with Crippen LogP contribution in [-0.4, -0.2) is 23.8 Å². The van der Waals surface area contributed by atoms with E-state index < -0.39 is 0 Å². The minimum Gasteiger partial charge on any atom is -0.425 e. The van der Waals surface area contributed by atoms with Gasteiger partial charge in [0.15, 0.2) is 0 Å². The zero-order chi connectivity index (χ0) is 12.8. The standard InChI is InChI=1S/C13H16ClN3O/c1-15-7-3-6-12-16-17-13(18-12)9-10-4-2-5-11(14)8-10/h2,4-5,8,15H,3,6-7,9H2,1H3. The van der Waals surface area contributed by atoms with Crippen LogP contribution in [0.5, 0.6) is 0 Å². The minimum absolute atomic E-state index is 0.625. The van der Waals surface area contributed by atoms with Gasteiger partial charge >= 0.3 is 0 Å². The number of hydrogen-bond acceptors (Lipinski definition) is 4. The largest absolute Gasteiger partial charge is 0.425 e. The number of nitrogens with zero attached hydrogens (tertiary/aromatic N) is 2. The van der Waals surface area contributed by atoms with Crippen molar-refractivity contribution in [3.05, 3.63) is 46.6 Å². The first-order valence-corrected chi connectivity index (χ1v) is 6.36. The average molecular weight is 266 g/mol. The topological polar surface area (TPSA) is 51.0 Å². The number of rotatable bonds is 6. The first-order chi connectivity index (χ1) is 8.78. The maximum absolute atomic E-state index is 5.93. The van der Waals surface area contributed by atoms with Crippen molar-refractivity contribution < 1.29 is 4.42 Å². The van der Waals surface area contributed by atoms with Gasteiger partial charge in [0.2, 0.25) is 11.8 Å². The SMILES string of the molecule is CNCCCc1nnc(Cc2cccc(Cl)c2)o1. The third-order valence-electron chi connectivity index (χ3n) is 2.57. The van der Waals surface area contributed by atoms with Crippen LogP contribution < -0.4 is 5.32 Å². The fourth-order valence-electron chi connectivity index (χ4n) is 1.70. The van der Waals surface area contributed by atoms with Gasteiger partial charge in [-0.2, -0.15) is 0 Å². The number of nitrogens with one attached hydrogen (secondary N) is 1. The molecule has 5 heteroatoms. The van der Waals surface area contributed by atoms with E-state index in [1.807, 2.05) is 31.3 Å². The monoisotopic (exact) mass is 265 g/mol. The van der Waals surface area contributed by atoms with E-state index in [4.69, 9.17) is 16.0 Å². The molecule has 2 rings (SSSR count). The number of aryl methyl sites for hydroxylation is 1. The third-order valence-corrected chi connectivity index (χ3v) is 2.81. The quantitative estimate of drug-likeness (QED) is 0.816. The summed E-state index contributed by atoms with van der Waals surface area (Å²) in [6.45, 7) is 0.950. The summed E-state index contributed by atoms with van der Waals surface area (Å²) in [5, 5.41) is 11.9. The van der Waals surface area contributed by atoms with E-state index in [9.17, 15) is 0 Å². The summed E-state index contributed by atoms with van der Waals surface area (Å²) in [6.07, 6.45) is 2.43. The highest BCUT2D eigenvalue weighted by Gasteiger charge is 2.06. The van der Waals surface area contributed by atoms with E-state index in [0.717, 1.165) is 30.0 Å². The number of benzene rings is 1. The van der Waals surface area contributed by atoms with Crippen molar-refractivity contribution in [1.82, 2.24) is 15.5 Å². The lowest BCUT2D eigenvalue weighted by molar-refractivity contribution is 0.451. The lowest BCUT2D eigenvalue weighted by atomic mass is 10.1. The van der Waals surface area contributed by atoms with E-state index in [-0.39, 0.29) is 0 Å². The molecule has 0 aliphatic heterocycles. The Bertz CT molecular complexity index is 498. The highest BCUT2D eigenvalue weighted by atomic mass is 35.5. The molecule has 18 heavy (non-hydrogen) atoms. The van der Waals surface area contributed by atoms with Crippen molar-refractivity contribution in [3.63, 3.8) is 0 Å². The van der Waals surface area contributed by atoms with Gasteiger partial charge < -0.3 is 9.73 Å². The number of halogens is 1. The Morgan fingerprint density at radius 2 is 2.11 bits per heavy atom. The normalized spacial score (nSPS) is 10.8. The van der Waals surface area contributed by atoms with Crippen molar-refractivity contribution in [2.45, 2.75) is 19.3 Å². The van der Waals surface area contributed by atoms with Crippen LogP contribution in [0.15, 0.2) is 28.7 Å². The summed E-state index contributed by atoms with van der Waals surface area (Å²) in [5.74, 6) is 1.33. The third kappa shape index (κ3) is 3.82. The molecule has 96 valence electrons. The van der Waals surface area contributed by atoms with Gasteiger partial charge in [0.1, 0.15) is 0 Å². The molecule has 0 aliphatic rings. The molecule has 0 saturated heterocycles. The van der Waals surface area contributed by atoms with Gasteiger partial charge in [0.05, 0.1) is 6.42 Å². The molecule has 1 N–H and O–H groups in total. The van der Waals surface area contributed by atoms with Crippen molar-refractivity contribution >= 4 is 11.6 Å². The van der Waals surface area contributed by atoms with Gasteiger partial charge in [-0.25, -0.2) is 0 Å². The molecule has 0 spiro atoms. The fraction of sp³-hybridized carbons (Fsp3) is 0.385. The Morgan fingerprint density at radius 3 is 2.89 bits per heavy atom. The highest BCUT2D eigenvalue weighted by Crippen LogP contribution is 2.14. The maximum atomic E-state index is 5.93. The zero-order valence-corrected chi connectivity index (χ0v) is 11.1. The summed E-state index contributed by atoms with van der Waals surface area (Å²) < 4.78 is 5.58. The first-order valence-electron chi connectivity index (χ1n) is 5.98. The van der Waals surface area contributed by atoms with Crippen LogP contribution in [0.25, 0.3) is 0 Å². The highest BCUT2D eigenvalue weighted by molar-refractivity contribution is 6.30. The fourth-order valence-corrected chi connectivity index (χ4v) is 1.91. The molecule has 1 aromatic heterocycles. The smallest absolute Gasteiger partial charge is 0.220 e. The first kappa shape index (κ1) is 13.1. The Labute approximate surface area is 111 Å². The molecule has 0 saturated carbocycles. The molecule has 0 aliphatic carbocycles. The second-order valence-electron chi connectivity index (χ2n) is 4.10. The Kier molecular flexibility index (Phi) is 4.73. The molecular weight excluding hydrogens is 250 g/mol. The molecular formula is C13H16ClN3O. The summed E-state index contributed by atoms with van der Waals surface area (Å²) in [7, 11) is 1.93. The van der Waals surface area contributed by atoms with Gasteiger partial charge in [0.25, 0.3) is 0 Å². The summed E-state index contributed by atoms with van der Waals surface area (Å²) in [5.41, 5.74) is 1.08. The summed E-state index contributed by atoms with van der Waals surface area (Å²) in [4.78, 5) is 0. The van der Waals surface area contributed by atoms with E-state index in [0.29, 0.717) is 18.2 Å². The summed E-state index contributed by atoms with van der Waals surface area (Å²) in [6, 6.07) is 7.67. The Hall–Kier alpha value is -1.39. The molecule has 1 aromatic carbocycles. The van der Waals surface area contributed by atoms with Gasteiger partial charge in [-0.3, -0.25) is 0 Å². The van der Waals surface area contributed by atoms with Gasteiger partial charge in [-0.15, -0.1) is 10.2 Å². The van der Waals surface area contributed by atoms with Crippen LogP contribution in [0, 0.1) is 0 Å². The van der Waals surface area contributed by atoms with E-state index >= 15 is 0 Å². The van der Waals surface area contributed by atoms with Crippen molar-refractivity contribution in [2.75, 3.05) is 13.6 Å². The predicted molar refractivity (Wildman–Crippen MR) is 70.8 cm³/mol. The second-order valence-corrected chi connectivity index (χ2v) is 4.54. The molecule has 0 unspecified atom stereocenters. The molecule has 0 atom stereocenters. The Balaban J connectivity index is 1.94. The molecule has 4 nitrogen and oxygen atoms in total. The van der Waals surface area contributed by atoms with Crippen LogP contribution in [0.3, 0.4) is 0 Å². The van der Waals surface area contributed by atoms with Crippen molar-refractivity contribution in [3.8, 4) is 0 Å². The maximum Gasteiger partial charge on any atom is 0.220 e. The predicted octanol–water partition coefficient (Wildman–Crippen LogP) is 2.47. The molecule has 0 fully saturated rings. The molecule has 0 bridgehead atoms. The van der Waals surface area contributed by atoms with Gasteiger partial charge in [0, 0.05) is 11.4 Å². The van der Waals surface area contributed by atoms with Crippen LogP contribution >= 0.6 is 11.6 Å².